The number of rotatable bonds is 40. The molecule has 0 N–H and O–H groups in total. The molecule has 0 aromatic heterocycles. The largest absolute Gasteiger partial charge is 0.353 e. The summed E-state index contributed by atoms with van der Waals surface area (Å²) in [5, 5.41) is 0. The van der Waals surface area contributed by atoms with Crippen molar-refractivity contribution < 1.29 is 13.6 Å². The summed E-state index contributed by atoms with van der Waals surface area (Å²) in [6.07, 6.45) is 54.8. The number of hydrogen-bond acceptors (Lipinski definition) is 3. The average Bonchev–Trinajstić information content (AvgIpc) is 3.07. The van der Waals surface area contributed by atoms with E-state index in [1.165, 1.54) is 239 Å². The minimum absolute atomic E-state index is 0.955. The molecule has 276 valence electrons. The second kappa shape index (κ2) is 39.3. The molecule has 0 amide bonds. The van der Waals surface area contributed by atoms with Gasteiger partial charge in [0.05, 0.1) is 0 Å². The third kappa shape index (κ3) is 36.7. The van der Waals surface area contributed by atoms with Crippen LogP contribution in [0.2, 0.25) is 0 Å². The summed E-state index contributed by atoms with van der Waals surface area (Å²) in [7, 11) is -0.107. The van der Waals surface area contributed by atoms with E-state index in [1.807, 2.05) is 6.08 Å². The Bertz CT molecular complexity index is 626. The molecule has 0 aliphatic rings. The van der Waals surface area contributed by atoms with Crippen molar-refractivity contribution in [2.75, 3.05) is 14.2 Å². The van der Waals surface area contributed by atoms with Crippen LogP contribution in [0.25, 0.3) is 0 Å². The maximum absolute atomic E-state index is 11.9. The highest BCUT2D eigenvalue weighted by molar-refractivity contribution is 7.57. The monoisotopic (exact) mass is 669 g/mol. The average molecular weight is 669 g/mol. The van der Waals surface area contributed by atoms with Crippen LogP contribution >= 0.6 is 7.60 Å². The molecular formula is C42H85O3P. The molecule has 0 aromatic rings. The van der Waals surface area contributed by atoms with E-state index in [4.69, 9.17) is 9.05 Å². The van der Waals surface area contributed by atoms with Gasteiger partial charge in [-0.3, -0.25) is 4.57 Å². The van der Waals surface area contributed by atoms with E-state index in [2.05, 4.69) is 6.92 Å². The molecule has 0 aliphatic heterocycles. The van der Waals surface area contributed by atoms with Gasteiger partial charge in [-0.25, -0.2) is 0 Å². The van der Waals surface area contributed by atoms with Crippen LogP contribution in [0.15, 0.2) is 11.9 Å². The predicted molar refractivity (Wildman–Crippen MR) is 207 cm³/mol. The molecule has 0 spiro atoms. The van der Waals surface area contributed by atoms with Crippen molar-refractivity contribution in [2.45, 2.75) is 244 Å². The Labute approximate surface area is 291 Å². The maximum Gasteiger partial charge on any atom is 0.353 e. The van der Waals surface area contributed by atoms with Crippen molar-refractivity contribution in [1.82, 2.24) is 0 Å². The molecule has 4 heteroatoms. The molecule has 0 rings (SSSR count). The molecule has 0 radical (unpaired) electrons. The van der Waals surface area contributed by atoms with Crippen molar-refractivity contribution in [3.8, 4) is 0 Å². The van der Waals surface area contributed by atoms with Gasteiger partial charge < -0.3 is 9.05 Å². The molecule has 3 nitrogen and oxygen atoms in total. The third-order valence-electron chi connectivity index (χ3n) is 10.0. The van der Waals surface area contributed by atoms with Crippen molar-refractivity contribution in [2.24, 2.45) is 0 Å². The molecule has 0 saturated carbocycles. The second-order valence-corrected chi connectivity index (χ2v) is 16.6. The van der Waals surface area contributed by atoms with Gasteiger partial charge in [0.2, 0.25) is 0 Å². The standard InChI is InChI=1S/C42H85O3P/c1-4-5-6-7-8-9-10-11-12-13-14-15-16-17-18-19-20-21-22-23-24-25-26-27-28-29-30-31-32-33-34-35-36-37-38-39-40-41-42-46(43,44-2)45-3/h41-42H,4-40H2,1-3H3/b42-41+. The van der Waals surface area contributed by atoms with Gasteiger partial charge in [0, 0.05) is 20.0 Å². The molecule has 0 saturated heterocycles. The highest BCUT2D eigenvalue weighted by Crippen LogP contribution is 2.47. The summed E-state index contributed by atoms with van der Waals surface area (Å²) in [6, 6.07) is 0. The number of allylic oxidation sites excluding steroid dienone is 1. The van der Waals surface area contributed by atoms with Gasteiger partial charge in [-0.2, -0.15) is 0 Å². The minimum atomic E-state index is -2.97. The van der Waals surface area contributed by atoms with Gasteiger partial charge >= 0.3 is 7.60 Å². The van der Waals surface area contributed by atoms with E-state index in [1.54, 1.807) is 5.82 Å². The van der Waals surface area contributed by atoms with Crippen LogP contribution in [-0.4, -0.2) is 14.2 Å². The van der Waals surface area contributed by atoms with Gasteiger partial charge in [0.25, 0.3) is 0 Å². The lowest BCUT2D eigenvalue weighted by molar-refractivity contribution is 0.286. The van der Waals surface area contributed by atoms with E-state index in [0.29, 0.717) is 0 Å². The Kier molecular flexibility index (Phi) is 39.2. The molecule has 46 heavy (non-hydrogen) atoms. The zero-order valence-electron chi connectivity index (χ0n) is 32.0. The van der Waals surface area contributed by atoms with Crippen LogP contribution in [-0.2, 0) is 13.6 Å². The summed E-state index contributed by atoms with van der Waals surface area (Å²) in [6.45, 7) is 2.31. The molecular weight excluding hydrogens is 583 g/mol. The lowest BCUT2D eigenvalue weighted by Gasteiger charge is -2.07. The normalized spacial score (nSPS) is 12.2. The van der Waals surface area contributed by atoms with Crippen LogP contribution in [0.3, 0.4) is 0 Å². The van der Waals surface area contributed by atoms with E-state index in [9.17, 15) is 4.57 Å². The van der Waals surface area contributed by atoms with Crippen LogP contribution in [0.1, 0.15) is 244 Å². The molecule has 0 fully saturated rings. The highest BCUT2D eigenvalue weighted by Gasteiger charge is 2.14. The zero-order chi connectivity index (χ0) is 33.5. The Morgan fingerprint density at radius 1 is 0.348 bits per heavy atom. The van der Waals surface area contributed by atoms with Gasteiger partial charge in [-0.1, -0.05) is 238 Å². The Hall–Kier alpha value is -0.110. The summed E-state index contributed by atoms with van der Waals surface area (Å²) < 4.78 is 21.7. The molecule has 0 aliphatic carbocycles. The smallest absolute Gasteiger partial charge is 0.309 e. The fourth-order valence-corrected chi connectivity index (χ4v) is 7.55. The van der Waals surface area contributed by atoms with Crippen molar-refractivity contribution in [3.05, 3.63) is 11.9 Å². The summed E-state index contributed by atoms with van der Waals surface area (Å²) in [5.74, 6) is 1.59. The van der Waals surface area contributed by atoms with Crippen molar-refractivity contribution in [3.63, 3.8) is 0 Å². The second-order valence-electron chi connectivity index (χ2n) is 14.5. The fraction of sp³-hybridized carbons (Fsp3) is 0.952. The quantitative estimate of drug-likeness (QED) is 0.0481. The maximum atomic E-state index is 11.9. The first kappa shape index (κ1) is 45.9. The van der Waals surface area contributed by atoms with Gasteiger partial charge in [-0.15, -0.1) is 0 Å². The first-order valence-electron chi connectivity index (χ1n) is 21.1. The van der Waals surface area contributed by atoms with E-state index in [0.717, 1.165) is 12.8 Å². The SMILES string of the molecule is CCCCCCCCCCCCCCCCCCCCCCCCCCCCCCCCCCCCCC/C=C/P(=O)(OC)OC. The van der Waals surface area contributed by atoms with Crippen molar-refractivity contribution in [1.29, 1.82) is 0 Å². The minimum Gasteiger partial charge on any atom is -0.309 e. The number of hydrogen-bond donors (Lipinski definition) is 0. The first-order chi connectivity index (χ1) is 22.7. The summed E-state index contributed by atoms with van der Waals surface area (Å²) in [5.41, 5.74) is 0. The lowest BCUT2D eigenvalue weighted by atomic mass is 10.0. The van der Waals surface area contributed by atoms with E-state index in [-0.39, 0.29) is 0 Å². The molecule has 0 heterocycles. The predicted octanol–water partition coefficient (Wildman–Crippen LogP) is 16.4. The highest BCUT2D eigenvalue weighted by atomic mass is 31.2. The van der Waals surface area contributed by atoms with Gasteiger partial charge in [-0.05, 0) is 12.8 Å². The summed E-state index contributed by atoms with van der Waals surface area (Å²) >= 11 is 0. The van der Waals surface area contributed by atoms with Gasteiger partial charge in [0.15, 0.2) is 0 Å². The molecule has 0 bridgehead atoms. The Balaban J connectivity index is 3.11. The van der Waals surface area contributed by atoms with E-state index < -0.39 is 7.60 Å². The van der Waals surface area contributed by atoms with Crippen LogP contribution < -0.4 is 0 Å². The zero-order valence-corrected chi connectivity index (χ0v) is 32.9. The Morgan fingerprint density at radius 2 is 0.543 bits per heavy atom. The third-order valence-corrected chi connectivity index (χ3v) is 11.6. The van der Waals surface area contributed by atoms with Crippen molar-refractivity contribution >= 4 is 7.60 Å². The Morgan fingerprint density at radius 3 is 0.739 bits per heavy atom. The van der Waals surface area contributed by atoms with Gasteiger partial charge in [0.1, 0.15) is 0 Å². The lowest BCUT2D eigenvalue weighted by Crippen LogP contribution is -1.85. The van der Waals surface area contributed by atoms with Crippen LogP contribution in [0.5, 0.6) is 0 Å². The number of unbranched alkanes of at least 4 members (excludes halogenated alkanes) is 36. The first-order valence-corrected chi connectivity index (χ1v) is 22.7. The van der Waals surface area contributed by atoms with Crippen LogP contribution in [0, 0.1) is 0 Å². The summed E-state index contributed by atoms with van der Waals surface area (Å²) in [4.78, 5) is 0. The molecule has 0 unspecified atom stereocenters. The van der Waals surface area contributed by atoms with Crippen LogP contribution in [0.4, 0.5) is 0 Å². The molecule has 0 atom stereocenters. The molecule has 0 aromatic carbocycles. The fourth-order valence-electron chi connectivity index (χ4n) is 6.75. The van der Waals surface area contributed by atoms with E-state index >= 15 is 0 Å². The topological polar surface area (TPSA) is 35.5 Å².